The summed E-state index contributed by atoms with van der Waals surface area (Å²) in [5.74, 6) is -0.487. The van der Waals surface area contributed by atoms with Crippen LogP contribution >= 0.6 is 0 Å². The number of non-ortho nitro benzene ring substituents is 1. The minimum atomic E-state index is -0.564. The Bertz CT molecular complexity index is 1080. The Morgan fingerprint density at radius 1 is 1.42 bits per heavy atom. The summed E-state index contributed by atoms with van der Waals surface area (Å²) in [6.07, 6.45) is 4.66. The van der Waals surface area contributed by atoms with E-state index in [0.29, 0.717) is 16.6 Å². The van der Waals surface area contributed by atoms with E-state index in [0.717, 1.165) is 5.01 Å². The van der Waals surface area contributed by atoms with Crippen molar-refractivity contribution in [1.29, 1.82) is 5.26 Å². The molecule has 0 N–H and O–H groups in total. The van der Waals surface area contributed by atoms with Crippen molar-refractivity contribution >= 4 is 23.3 Å². The van der Waals surface area contributed by atoms with E-state index in [4.69, 9.17) is 5.26 Å². The molecule has 9 heteroatoms. The molecule has 0 spiro atoms. The van der Waals surface area contributed by atoms with Crippen LogP contribution < -0.4 is 0 Å². The van der Waals surface area contributed by atoms with Gasteiger partial charge in [-0.2, -0.15) is 15.5 Å². The summed E-state index contributed by atoms with van der Waals surface area (Å²) in [5.41, 5.74) is 1.77. The van der Waals surface area contributed by atoms with E-state index < -0.39 is 10.8 Å². The third kappa shape index (κ3) is 3.25. The zero-order valence-electron chi connectivity index (χ0n) is 13.6. The van der Waals surface area contributed by atoms with Crippen molar-refractivity contribution in [2.75, 3.05) is 7.05 Å². The number of carbonyl (C=O) groups is 1. The standard InChI is InChI=1S/C17H12N6O3/c1-21(17(24)13-3-2-4-15(8-13)23(25)26)19-10-14-11-20-22-6-5-12(9-18)7-16(14)22/h2-8,10-11H,1H3/b19-10-. The number of fused-ring (bicyclic) bond motifs is 1. The monoisotopic (exact) mass is 348 g/mol. The third-order valence-corrected chi connectivity index (χ3v) is 3.65. The van der Waals surface area contributed by atoms with E-state index in [1.165, 1.54) is 37.5 Å². The first-order chi connectivity index (χ1) is 12.5. The molecule has 2 aromatic heterocycles. The Morgan fingerprint density at radius 2 is 2.23 bits per heavy atom. The highest BCUT2D eigenvalue weighted by molar-refractivity contribution is 5.96. The molecule has 26 heavy (non-hydrogen) atoms. The molecule has 1 amide bonds. The number of amides is 1. The van der Waals surface area contributed by atoms with Gasteiger partial charge in [-0.3, -0.25) is 14.9 Å². The second kappa shape index (κ2) is 6.82. The van der Waals surface area contributed by atoms with Gasteiger partial charge in [0.1, 0.15) is 0 Å². The van der Waals surface area contributed by atoms with Gasteiger partial charge in [-0.1, -0.05) is 6.07 Å². The summed E-state index contributed by atoms with van der Waals surface area (Å²) in [6.45, 7) is 0. The van der Waals surface area contributed by atoms with Crippen LogP contribution in [0, 0.1) is 21.4 Å². The lowest BCUT2D eigenvalue weighted by atomic mass is 10.2. The van der Waals surface area contributed by atoms with Crippen molar-refractivity contribution in [3.05, 3.63) is 75.6 Å². The molecule has 0 aliphatic heterocycles. The fourth-order valence-corrected chi connectivity index (χ4v) is 2.31. The van der Waals surface area contributed by atoms with Crippen LogP contribution in [0.25, 0.3) is 5.52 Å². The Balaban J connectivity index is 1.84. The highest BCUT2D eigenvalue weighted by Gasteiger charge is 2.14. The van der Waals surface area contributed by atoms with E-state index >= 15 is 0 Å². The number of benzene rings is 1. The average molecular weight is 348 g/mol. The maximum Gasteiger partial charge on any atom is 0.273 e. The molecule has 0 aliphatic carbocycles. The predicted octanol–water partition coefficient (Wildman–Crippen LogP) is 2.22. The number of nitro benzene ring substituents is 1. The number of hydrogen-bond donors (Lipinski definition) is 0. The number of pyridine rings is 1. The second-order valence-corrected chi connectivity index (χ2v) is 5.34. The van der Waals surface area contributed by atoms with Gasteiger partial charge < -0.3 is 0 Å². The van der Waals surface area contributed by atoms with Crippen molar-refractivity contribution in [2.45, 2.75) is 0 Å². The van der Waals surface area contributed by atoms with E-state index in [9.17, 15) is 14.9 Å². The zero-order valence-corrected chi connectivity index (χ0v) is 13.6. The SMILES string of the molecule is CN(/N=C\c1cnn2ccc(C#N)cc12)C(=O)c1cccc([N+](=O)[O-])c1. The molecule has 3 aromatic rings. The number of rotatable bonds is 4. The number of nitro groups is 1. The van der Waals surface area contributed by atoms with Gasteiger partial charge in [0.15, 0.2) is 0 Å². The molecule has 128 valence electrons. The summed E-state index contributed by atoms with van der Waals surface area (Å²) < 4.78 is 1.59. The summed E-state index contributed by atoms with van der Waals surface area (Å²) in [6, 6.07) is 10.8. The molecule has 0 atom stereocenters. The van der Waals surface area contributed by atoms with Crippen LogP contribution in [0.4, 0.5) is 5.69 Å². The first-order valence-corrected chi connectivity index (χ1v) is 7.43. The van der Waals surface area contributed by atoms with Crippen LogP contribution in [-0.4, -0.2) is 38.7 Å². The maximum atomic E-state index is 12.4. The minimum absolute atomic E-state index is 0.158. The lowest BCUT2D eigenvalue weighted by Crippen LogP contribution is -2.21. The number of nitrogens with zero attached hydrogens (tertiary/aromatic N) is 6. The van der Waals surface area contributed by atoms with Gasteiger partial charge >= 0.3 is 0 Å². The zero-order chi connectivity index (χ0) is 18.7. The van der Waals surface area contributed by atoms with Gasteiger partial charge in [-0.15, -0.1) is 0 Å². The number of carbonyl (C=O) groups excluding carboxylic acids is 1. The van der Waals surface area contributed by atoms with Crippen LogP contribution in [0.15, 0.2) is 53.9 Å². The third-order valence-electron chi connectivity index (χ3n) is 3.65. The molecular formula is C17H12N6O3. The second-order valence-electron chi connectivity index (χ2n) is 5.34. The normalized spacial score (nSPS) is 10.8. The van der Waals surface area contributed by atoms with Crippen LogP contribution in [0.1, 0.15) is 21.5 Å². The average Bonchev–Trinajstić information content (AvgIpc) is 3.07. The molecule has 1 aromatic carbocycles. The van der Waals surface area contributed by atoms with Gasteiger partial charge in [-0.05, 0) is 18.2 Å². The van der Waals surface area contributed by atoms with Crippen LogP contribution in [0.3, 0.4) is 0 Å². The Kier molecular flexibility index (Phi) is 4.40. The predicted molar refractivity (Wildman–Crippen MR) is 92.7 cm³/mol. The molecule has 0 bridgehead atoms. The van der Waals surface area contributed by atoms with Gasteiger partial charge in [0.2, 0.25) is 0 Å². The van der Waals surface area contributed by atoms with E-state index in [2.05, 4.69) is 10.2 Å². The molecule has 0 saturated heterocycles. The van der Waals surface area contributed by atoms with Crippen LogP contribution in [-0.2, 0) is 0 Å². The van der Waals surface area contributed by atoms with E-state index in [-0.39, 0.29) is 11.3 Å². The van der Waals surface area contributed by atoms with Gasteiger partial charge in [0.25, 0.3) is 11.6 Å². The lowest BCUT2D eigenvalue weighted by molar-refractivity contribution is -0.384. The first kappa shape index (κ1) is 16.8. The van der Waals surface area contributed by atoms with Crippen LogP contribution in [0.2, 0.25) is 0 Å². The Morgan fingerprint density at radius 3 is 2.96 bits per heavy atom. The fourth-order valence-electron chi connectivity index (χ4n) is 2.31. The van der Waals surface area contributed by atoms with Gasteiger partial charge in [0, 0.05) is 36.5 Å². The highest BCUT2D eigenvalue weighted by atomic mass is 16.6. The summed E-state index contributed by atoms with van der Waals surface area (Å²) in [4.78, 5) is 22.6. The largest absolute Gasteiger partial charge is 0.273 e. The quantitative estimate of drug-likeness (QED) is 0.407. The molecule has 0 aliphatic rings. The smallest absolute Gasteiger partial charge is 0.267 e. The summed E-state index contributed by atoms with van der Waals surface area (Å²) >= 11 is 0. The van der Waals surface area contributed by atoms with Crippen LogP contribution in [0.5, 0.6) is 0 Å². The Hall–Kier alpha value is -4.06. The summed E-state index contributed by atoms with van der Waals surface area (Å²) in [5, 5.41) is 29.1. The molecule has 3 rings (SSSR count). The van der Waals surface area contributed by atoms with Crippen molar-refractivity contribution in [3.8, 4) is 6.07 Å². The highest BCUT2D eigenvalue weighted by Crippen LogP contribution is 2.15. The fraction of sp³-hybridized carbons (Fsp3) is 0.0588. The molecule has 0 unspecified atom stereocenters. The molecular weight excluding hydrogens is 336 g/mol. The minimum Gasteiger partial charge on any atom is -0.267 e. The van der Waals surface area contributed by atoms with E-state index in [1.807, 2.05) is 6.07 Å². The molecule has 2 heterocycles. The topological polar surface area (TPSA) is 117 Å². The number of hydrogen-bond acceptors (Lipinski definition) is 6. The van der Waals surface area contributed by atoms with E-state index in [1.54, 1.807) is 29.0 Å². The lowest BCUT2D eigenvalue weighted by Gasteiger charge is -2.10. The molecule has 0 radical (unpaired) electrons. The van der Waals surface area contributed by atoms with Gasteiger partial charge in [-0.25, -0.2) is 9.52 Å². The maximum absolute atomic E-state index is 12.4. The molecule has 0 saturated carbocycles. The van der Waals surface area contributed by atoms with Gasteiger partial charge in [0.05, 0.1) is 34.5 Å². The van der Waals surface area contributed by atoms with Crippen molar-refractivity contribution in [1.82, 2.24) is 14.6 Å². The van der Waals surface area contributed by atoms with Crippen molar-refractivity contribution in [2.24, 2.45) is 5.10 Å². The molecule has 9 nitrogen and oxygen atoms in total. The van der Waals surface area contributed by atoms with Crippen molar-refractivity contribution in [3.63, 3.8) is 0 Å². The number of nitriles is 1. The van der Waals surface area contributed by atoms with Crippen molar-refractivity contribution < 1.29 is 9.72 Å². The summed E-state index contributed by atoms with van der Waals surface area (Å²) in [7, 11) is 1.45. The first-order valence-electron chi connectivity index (χ1n) is 7.43. The number of hydrazone groups is 1. The number of aromatic nitrogens is 2. The molecule has 0 fully saturated rings. The Labute approximate surface area is 147 Å².